The van der Waals surface area contributed by atoms with Gasteiger partial charge >= 0.3 is 12.1 Å². The zero-order valence-corrected chi connectivity index (χ0v) is 22.6. The number of fused-ring (bicyclic) bond motifs is 3. The highest BCUT2D eigenvalue weighted by Gasteiger charge is 2.37. The summed E-state index contributed by atoms with van der Waals surface area (Å²) in [5.74, 6) is 0.109. The number of hydrogen-bond donors (Lipinski definition) is 1. The van der Waals surface area contributed by atoms with Crippen LogP contribution in [0.3, 0.4) is 0 Å². The summed E-state index contributed by atoms with van der Waals surface area (Å²) in [5.41, 5.74) is 5.21. The number of rotatable bonds is 9. The van der Waals surface area contributed by atoms with Crippen molar-refractivity contribution in [3.63, 3.8) is 0 Å². The van der Waals surface area contributed by atoms with E-state index in [1.807, 2.05) is 24.3 Å². The second-order valence-corrected chi connectivity index (χ2v) is 9.70. The van der Waals surface area contributed by atoms with E-state index in [9.17, 15) is 14.4 Å². The predicted octanol–water partition coefficient (Wildman–Crippen LogP) is 4.28. The maximum absolute atomic E-state index is 13.1. The van der Waals surface area contributed by atoms with Crippen LogP contribution in [0.25, 0.3) is 11.1 Å². The number of likely N-dealkylation sites (N-methyl/N-ethyl adjacent to an activating group) is 1. The van der Waals surface area contributed by atoms with Gasteiger partial charge in [-0.25, -0.2) is 9.59 Å². The molecule has 2 aliphatic rings. The SMILES string of the molecule is CNC(=O)COc1ccc(COC(=O)[C@@H]2CCCN2C(=O)OCC2c3ccccc3-c3ccccc32)c(OC)c1. The monoisotopic (exact) mass is 544 g/mol. The van der Waals surface area contributed by atoms with Gasteiger partial charge in [-0.2, -0.15) is 0 Å². The van der Waals surface area contributed by atoms with Crippen molar-refractivity contribution in [3.05, 3.63) is 83.4 Å². The standard InChI is InChI=1S/C31H32N2O7/c1-32-29(34)19-38-21-14-13-20(28(16-21)37-2)17-39-30(35)27-12-7-15-33(27)31(36)40-18-26-24-10-5-3-8-22(24)23-9-4-6-11-25(23)26/h3-6,8-11,13-14,16,26-27H,7,12,15,17-19H2,1-2H3,(H,32,34)/t27-/m0/s1. The minimum atomic E-state index is -0.711. The quantitative estimate of drug-likeness (QED) is 0.401. The molecular formula is C31H32N2O7. The summed E-state index contributed by atoms with van der Waals surface area (Å²) in [4.78, 5) is 39.0. The summed E-state index contributed by atoms with van der Waals surface area (Å²) in [6, 6.07) is 20.6. The Bertz CT molecular complexity index is 1360. The Hall–Kier alpha value is -4.53. The van der Waals surface area contributed by atoms with Crippen molar-refractivity contribution >= 4 is 18.0 Å². The Labute approximate surface area is 233 Å². The van der Waals surface area contributed by atoms with E-state index in [0.29, 0.717) is 36.4 Å². The van der Waals surface area contributed by atoms with Crippen molar-refractivity contribution in [3.8, 4) is 22.6 Å². The highest BCUT2D eigenvalue weighted by Crippen LogP contribution is 2.44. The summed E-state index contributed by atoms with van der Waals surface area (Å²) in [7, 11) is 3.03. The summed E-state index contributed by atoms with van der Waals surface area (Å²) in [6.07, 6.45) is 0.674. The number of esters is 1. The predicted molar refractivity (Wildman–Crippen MR) is 147 cm³/mol. The lowest BCUT2D eigenvalue weighted by atomic mass is 9.98. The molecule has 1 atom stereocenters. The maximum atomic E-state index is 13.1. The molecule has 9 heteroatoms. The molecule has 0 bridgehead atoms. The number of hydrogen-bond acceptors (Lipinski definition) is 7. The van der Waals surface area contributed by atoms with Gasteiger partial charge in [0.2, 0.25) is 0 Å². The van der Waals surface area contributed by atoms with Crippen molar-refractivity contribution in [2.45, 2.75) is 31.4 Å². The first kappa shape index (κ1) is 27.1. The van der Waals surface area contributed by atoms with Crippen molar-refractivity contribution in [1.82, 2.24) is 10.2 Å². The Morgan fingerprint density at radius 3 is 2.33 bits per heavy atom. The number of benzene rings is 3. The van der Waals surface area contributed by atoms with E-state index >= 15 is 0 Å². The summed E-state index contributed by atoms with van der Waals surface area (Å²) >= 11 is 0. The number of ether oxygens (including phenoxy) is 4. The Balaban J connectivity index is 1.18. The van der Waals surface area contributed by atoms with Gasteiger partial charge in [-0.15, -0.1) is 0 Å². The van der Waals surface area contributed by atoms with Crippen LogP contribution in [-0.2, 0) is 25.7 Å². The molecule has 1 aliphatic heterocycles. The third-order valence-corrected chi connectivity index (χ3v) is 7.37. The average molecular weight is 545 g/mol. The minimum Gasteiger partial charge on any atom is -0.496 e. The highest BCUT2D eigenvalue weighted by molar-refractivity contribution is 5.83. The topological polar surface area (TPSA) is 103 Å². The van der Waals surface area contributed by atoms with Gasteiger partial charge in [0.25, 0.3) is 5.91 Å². The largest absolute Gasteiger partial charge is 0.496 e. The summed E-state index contributed by atoms with van der Waals surface area (Å²) in [5, 5.41) is 2.49. The van der Waals surface area contributed by atoms with E-state index in [1.54, 1.807) is 18.2 Å². The smallest absolute Gasteiger partial charge is 0.410 e. The molecule has 1 aliphatic carbocycles. The van der Waals surface area contributed by atoms with Crippen LogP contribution < -0.4 is 14.8 Å². The first-order valence-corrected chi connectivity index (χ1v) is 13.3. The van der Waals surface area contributed by atoms with E-state index in [-0.39, 0.29) is 31.6 Å². The Morgan fingerprint density at radius 2 is 1.65 bits per heavy atom. The van der Waals surface area contributed by atoms with Crippen molar-refractivity contribution < 1.29 is 33.3 Å². The van der Waals surface area contributed by atoms with Gasteiger partial charge in [0.1, 0.15) is 30.8 Å². The second kappa shape index (κ2) is 12.1. The molecule has 1 heterocycles. The number of likely N-dealkylation sites (tertiary alicyclic amines) is 1. The molecule has 3 aromatic carbocycles. The second-order valence-electron chi connectivity index (χ2n) is 9.70. The van der Waals surface area contributed by atoms with Gasteiger partial charge in [-0.1, -0.05) is 48.5 Å². The van der Waals surface area contributed by atoms with E-state index in [1.165, 1.54) is 19.1 Å². The van der Waals surface area contributed by atoms with Gasteiger partial charge in [0, 0.05) is 31.1 Å². The molecule has 0 saturated carbocycles. The molecule has 1 N–H and O–H groups in total. The molecule has 0 aromatic heterocycles. The molecular weight excluding hydrogens is 512 g/mol. The van der Waals surface area contributed by atoms with E-state index in [2.05, 4.69) is 29.6 Å². The lowest BCUT2D eigenvalue weighted by Gasteiger charge is -2.24. The Morgan fingerprint density at radius 1 is 0.950 bits per heavy atom. The number of carbonyl (C=O) groups is 3. The van der Waals surface area contributed by atoms with Gasteiger partial charge in [-0.05, 0) is 47.2 Å². The normalized spacial score (nSPS) is 15.7. The molecule has 0 unspecified atom stereocenters. The molecule has 208 valence electrons. The zero-order chi connectivity index (χ0) is 28.1. The average Bonchev–Trinajstić information content (AvgIpc) is 3.61. The van der Waals surface area contributed by atoms with E-state index in [0.717, 1.165) is 22.3 Å². The van der Waals surface area contributed by atoms with E-state index in [4.69, 9.17) is 18.9 Å². The molecule has 1 saturated heterocycles. The Kier molecular flexibility index (Phi) is 8.19. The molecule has 9 nitrogen and oxygen atoms in total. The molecule has 2 amide bonds. The van der Waals surface area contributed by atoms with Gasteiger partial charge in [-0.3, -0.25) is 9.69 Å². The number of amides is 2. The maximum Gasteiger partial charge on any atom is 0.410 e. The van der Waals surface area contributed by atoms with Gasteiger partial charge in [0.15, 0.2) is 6.61 Å². The molecule has 1 fully saturated rings. The van der Waals surface area contributed by atoms with E-state index < -0.39 is 18.1 Å². The fraction of sp³-hybridized carbons (Fsp3) is 0.323. The van der Waals surface area contributed by atoms with Crippen LogP contribution in [0.15, 0.2) is 66.7 Å². The van der Waals surface area contributed by atoms with Crippen LogP contribution in [0.2, 0.25) is 0 Å². The van der Waals surface area contributed by atoms with Gasteiger partial charge < -0.3 is 24.3 Å². The van der Waals surface area contributed by atoms with Crippen molar-refractivity contribution in [2.75, 3.05) is 33.9 Å². The van der Waals surface area contributed by atoms with Crippen LogP contribution in [0.4, 0.5) is 4.79 Å². The minimum absolute atomic E-state index is 0.0350. The fourth-order valence-corrected chi connectivity index (χ4v) is 5.31. The van der Waals surface area contributed by atoms with Crippen molar-refractivity contribution in [2.24, 2.45) is 0 Å². The fourth-order valence-electron chi connectivity index (χ4n) is 5.31. The molecule has 0 spiro atoms. The number of carbonyl (C=O) groups excluding carboxylic acids is 3. The third-order valence-electron chi connectivity index (χ3n) is 7.37. The first-order valence-electron chi connectivity index (χ1n) is 13.3. The van der Waals surface area contributed by atoms with Crippen LogP contribution in [0.5, 0.6) is 11.5 Å². The zero-order valence-electron chi connectivity index (χ0n) is 22.6. The van der Waals surface area contributed by atoms with Crippen LogP contribution >= 0.6 is 0 Å². The number of nitrogens with one attached hydrogen (secondary N) is 1. The lowest BCUT2D eigenvalue weighted by molar-refractivity contribution is -0.149. The summed E-state index contributed by atoms with van der Waals surface area (Å²) < 4.78 is 22.2. The number of nitrogens with zero attached hydrogens (tertiary/aromatic N) is 1. The van der Waals surface area contributed by atoms with Crippen LogP contribution in [-0.4, -0.2) is 62.8 Å². The first-order chi connectivity index (χ1) is 19.5. The summed E-state index contributed by atoms with van der Waals surface area (Å²) in [6.45, 7) is 0.460. The molecule has 3 aromatic rings. The highest BCUT2D eigenvalue weighted by atomic mass is 16.6. The lowest BCUT2D eigenvalue weighted by Crippen LogP contribution is -2.42. The van der Waals surface area contributed by atoms with Crippen molar-refractivity contribution in [1.29, 1.82) is 0 Å². The van der Waals surface area contributed by atoms with Crippen LogP contribution in [0, 0.1) is 0 Å². The molecule has 40 heavy (non-hydrogen) atoms. The number of methoxy groups -OCH3 is 1. The van der Waals surface area contributed by atoms with Gasteiger partial charge in [0.05, 0.1) is 7.11 Å². The third kappa shape index (κ3) is 5.59. The molecule has 0 radical (unpaired) electrons. The van der Waals surface area contributed by atoms with Crippen LogP contribution in [0.1, 0.15) is 35.4 Å². The molecule has 5 rings (SSSR count).